The van der Waals surface area contributed by atoms with Gasteiger partial charge < -0.3 is 4.98 Å². The Bertz CT molecular complexity index is 766. The molecule has 4 heteroatoms. The predicted octanol–water partition coefficient (Wildman–Crippen LogP) is 3.19. The minimum Gasteiger partial charge on any atom is -0.306 e. The molecular weight excluding hydrogens is 339 g/mol. The minimum absolute atomic E-state index is 0.0997. The summed E-state index contributed by atoms with van der Waals surface area (Å²) in [6.07, 6.45) is 0. The van der Waals surface area contributed by atoms with Gasteiger partial charge >= 0.3 is 0 Å². The first-order valence-electron chi connectivity index (χ1n) is 5.49. The third-order valence-electron chi connectivity index (χ3n) is 2.71. The predicted molar refractivity (Wildman–Crippen MR) is 80.5 cm³/mol. The Morgan fingerprint density at radius 3 is 2.61 bits per heavy atom. The maximum Gasteiger partial charge on any atom is 0.259 e. The van der Waals surface area contributed by atoms with Crippen molar-refractivity contribution in [2.75, 3.05) is 0 Å². The van der Waals surface area contributed by atoms with Gasteiger partial charge in [0.05, 0.1) is 10.9 Å². The topological polar surface area (TPSA) is 45.8 Å². The van der Waals surface area contributed by atoms with Gasteiger partial charge in [-0.1, -0.05) is 30.3 Å². The van der Waals surface area contributed by atoms with Gasteiger partial charge in [-0.15, -0.1) is 0 Å². The van der Waals surface area contributed by atoms with E-state index in [1.54, 1.807) is 0 Å². The van der Waals surface area contributed by atoms with E-state index in [0.29, 0.717) is 11.2 Å². The van der Waals surface area contributed by atoms with Crippen LogP contribution in [-0.2, 0) is 0 Å². The molecule has 2 aromatic carbocycles. The summed E-state index contributed by atoms with van der Waals surface area (Å²) in [5.74, 6) is 0.606. The summed E-state index contributed by atoms with van der Waals surface area (Å²) >= 11 is 2.18. The molecule has 0 aliphatic carbocycles. The van der Waals surface area contributed by atoms with Gasteiger partial charge in [0.15, 0.2) is 0 Å². The molecule has 0 saturated carbocycles. The normalized spacial score (nSPS) is 10.7. The fourth-order valence-corrected chi connectivity index (χ4v) is 2.33. The second-order valence-electron chi connectivity index (χ2n) is 3.94. The first-order chi connectivity index (χ1) is 8.74. The fraction of sp³-hybridized carbons (Fsp3) is 0. The van der Waals surface area contributed by atoms with Gasteiger partial charge in [-0.25, -0.2) is 4.98 Å². The second kappa shape index (κ2) is 4.53. The summed E-state index contributed by atoms with van der Waals surface area (Å²) in [6.45, 7) is 0. The Labute approximate surface area is 117 Å². The SMILES string of the molecule is O=c1[nH]c(-c2ccccc2)nc2ccc(I)cc12. The first kappa shape index (κ1) is 11.4. The number of nitrogens with one attached hydrogen (secondary N) is 1. The largest absolute Gasteiger partial charge is 0.306 e. The molecule has 18 heavy (non-hydrogen) atoms. The van der Waals surface area contributed by atoms with Crippen molar-refractivity contribution in [3.8, 4) is 11.4 Å². The molecule has 0 radical (unpaired) electrons. The zero-order valence-corrected chi connectivity index (χ0v) is 11.5. The van der Waals surface area contributed by atoms with Crippen LogP contribution in [0, 0.1) is 3.57 Å². The highest BCUT2D eigenvalue weighted by atomic mass is 127. The van der Waals surface area contributed by atoms with Crippen molar-refractivity contribution in [3.05, 3.63) is 62.5 Å². The minimum atomic E-state index is -0.0997. The zero-order chi connectivity index (χ0) is 12.5. The van der Waals surface area contributed by atoms with Crippen molar-refractivity contribution in [2.45, 2.75) is 0 Å². The Morgan fingerprint density at radius 1 is 1.06 bits per heavy atom. The van der Waals surface area contributed by atoms with Crippen LogP contribution < -0.4 is 5.56 Å². The van der Waals surface area contributed by atoms with E-state index >= 15 is 0 Å². The van der Waals surface area contributed by atoms with Crippen LogP contribution in [0.5, 0.6) is 0 Å². The number of hydrogen-bond acceptors (Lipinski definition) is 2. The highest BCUT2D eigenvalue weighted by molar-refractivity contribution is 14.1. The van der Waals surface area contributed by atoms with Crippen molar-refractivity contribution in [1.29, 1.82) is 0 Å². The smallest absolute Gasteiger partial charge is 0.259 e. The maximum absolute atomic E-state index is 12.0. The third kappa shape index (κ3) is 2.03. The van der Waals surface area contributed by atoms with Crippen LogP contribution in [0.3, 0.4) is 0 Å². The number of benzene rings is 2. The molecule has 0 aliphatic rings. The van der Waals surface area contributed by atoms with Crippen LogP contribution >= 0.6 is 22.6 Å². The molecule has 3 aromatic rings. The first-order valence-corrected chi connectivity index (χ1v) is 6.57. The van der Waals surface area contributed by atoms with E-state index < -0.39 is 0 Å². The van der Waals surface area contributed by atoms with Crippen LogP contribution in [0.4, 0.5) is 0 Å². The Morgan fingerprint density at radius 2 is 1.83 bits per heavy atom. The van der Waals surface area contributed by atoms with Crippen molar-refractivity contribution in [1.82, 2.24) is 9.97 Å². The molecule has 1 N–H and O–H groups in total. The molecule has 1 aromatic heterocycles. The van der Waals surface area contributed by atoms with Crippen molar-refractivity contribution < 1.29 is 0 Å². The number of H-pyrrole nitrogens is 1. The quantitative estimate of drug-likeness (QED) is 0.687. The molecule has 0 bridgehead atoms. The maximum atomic E-state index is 12.0. The summed E-state index contributed by atoms with van der Waals surface area (Å²) in [5.41, 5.74) is 1.53. The van der Waals surface area contributed by atoms with Crippen molar-refractivity contribution in [3.63, 3.8) is 0 Å². The van der Waals surface area contributed by atoms with Gasteiger partial charge in [0.1, 0.15) is 5.82 Å². The van der Waals surface area contributed by atoms with Gasteiger partial charge in [-0.05, 0) is 40.8 Å². The standard InChI is InChI=1S/C14H9IN2O/c15-10-6-7-12-11(8-10)14(18)17-13(16-12)9-4-2-1-3-5-9/h1-8H,(H,16,17,18). The summed E-state index contributed by atoms with van der Waals surface area (Å²) in [7, 11) is 0. The molecule has 1 heterocycles. The lowest BCUT2D eigenvalue weighted by Gasteiger charge is -2.03. The van der Waals surface area contributed by atoms with Crippen LogP contribution in [0.1, 0.15) is 0 Å². The highest BCUT2D eigenvalue weighted by Gasteiger charge is 2.05. The second-order valence-corrected chi connectivity index (χ2v) is 5.19. The molecule has 3 rings (SSSR count). The molecule has 0 spiro atoms. The molecule has 0 saturated heterocycles. The van der Waals surface area contributed by atoms with Crippen molar-refractivity contribution in [2.24, 2.45) is 0 Å². The number of nitrogens with zero attached hydrogens (tertiary/aromatic N) is 1. The molecule has 3 nitrogen and oxygen atoms in total. The number of fused-ring (bicyclic) bond motifs is 1. The lowest BCUT2D eigenvalue weighted by atomic mass is 10.2. The average Bonchev–Trinajstić information content (AvgIpc) is 2.40. The fourth-order valence-electron chi connectivity index (χ4n) is 1.84. The lowest BCUT2D eigenvalue weighted by molar-refractivity contribution is 1.18. The number of hydrogen-bond donors (Lipinski definition) is 1. The van der Waals surface area contributed by atoms with Crippen LogP contribution in [0.15, 0.2) is 53.3 Å². The lowest BCUT2D eigenvalue weighted by Crippen LogP contribution is -2.09. The summed E-state index contributed by atoms with van der Waals surface area (Å²) in [5, 5.41) is 0.626. The van der Waals surface area contributed by atoms with E-state index in [0.717, 1.165) is 14.7 Å². The number of aromatic amines is 1. The molecule has 0 fully saturated rings. The van der Waals surface area contributed by atoms with E-state index in [1.807, 2.05) is 48.5 Å². The number of aromatic nitrogens is 2. The molecule has 88 valence electrons. The average molecular weight is 348 g/mol. The molecule has 0 unspecified atom stereocenters. The Hall–Kier alpha value is -1.69. The third-order valence-corrected chi connectivity index (χ3v) is 3.39. The summed E-state index contributed by atoms with van der Waals surface area (Å²) in [6, 6.07) is 15.3. The van der Waals surface area contributed by atoms with Crippen LogP contribution in [0.25, 0.3) is 22.3 Å². The summed E-state index contributed by atoms with van der Waals surface area (Å²) in [4.78, 5) is 19.3. The van der Waals surface area contributed by atoms with Crippen LogP contribution in [0.2, 0.25) is 0 Å². The van der Waals surface area contributed by atoms with Gasteiger partial charge in [-0.3, -0.25) is 4.79 Å². The van der Waals surface area contributed by atoms with Gasteiger partial charge in [-0.2, -0.15) is 0 Å². The molecular formula is C14H9IN2O. The van der Waals surface area contributed by atoms with Crippen molar-refractivity contribution >= 4 is 33.5 Å². The Balaban J connectivity index is 2.29. The highest BCUT2D eigenvalue weighted by Crippen LogP contribution is 2.17. The Kier molecular flexibility index (Phi) is 2.87. The van der Waals surface area contributed by atoms with E-state index in [-0.39, 0.29) is 5.56 Å². The summed E-state index contributed by atoms with van der Waals surface area (Å²) < 4.78 is 1.03. The number of rotatable bonds is 1. The van der Waals surface area contributed by atoms with Gasteiger partial charge in [0.25, 0.3) is 5.56 Å². The van der Waals surface area contributed by atoms with Gasteiger partial charge in [0.2, 0.25) is 0 Å². The van der Waals surface area contributed by atoms with E-state index in [4.69, 9.17) is 0 Å². The molecule has 0 atom stereocenters. The zero-order valence-electron chi connectivity index (χ0n) is 9.35. The van der Waals surface area contributed by atoms with Crippen LogP contribution in [-0.4, -0.2) is 9.97 Å². The van der Waals surface area contributed by atoms with E-state index in [2.05, 4.69) is 32.6 Å². The molecule has 0 aliphatic heterocycles. The number of halogens is 1. The molecule has 0 amide bonds. The monoisotopic (exact) mass is 348 g/mol. The van der Waals surface area contributed by atoms with Gasteiger partial charge in [0, 0.05) is 9.13 Å². The van der Waals surface area contributed by atoms with E-state index in [9.17, 15) is 4.79 Å². The van der Waals surface area contributed by atoms with E-state index in [1.165, 1.54) is 0 Å².